The van der Waals surface area contributed by atoms with E-state index in [0.29, 0.717) is 23.6 Å². The van der Waals surface area contributed by atoms with Gasteiger partial charge >= 0.3 is 0 Å². The van der Waals surface area contributed by atoms with Gasteiger partial charge in [-0.25, -0.2) is 5.43 Å². The molecule has 1 aromatic rings. The molecule has 0 spiro atoms. The third-order valence-electron chi connectivity index (χ3n) is 2.89. The maximum Gasteiger partial charge on any atom is 0.262 e. The summed E-state index contributed by atoms with van der Waals surface area (Å²) in [4.78, 5) is 22.7. The van der Waals surface area contributed by atoms with E-state index in [9.17, 15) is 9.59 Å². The van der Waals surface area contributed by atoms with Gasteiger partial charge in [0.2, 0.25) is 5.91 Å². The second-order valence-corrected chi connectivity index (χ2v) is 4.78. The molecule has 5 nitrogen and oxygen atoms in total. The van der Waals surface area contributed by atoms with E-state index in [1.54, 1.807) is 19.1 Å². The molecule has 2 rings (SSSR count). The molecule has 1 unspecified atom stereocenters. The summed E-state index contributed by atoms with van der Waals surface area (Å²) >= 11 is 5.88. The number of halogens is 1. The van der Waals surface area contributed by atoms with E-state index in [1.807, 2.05) is 12.1 Å². The summed E-state index contributed by atoms with van der Waals surface area (Å²) in [5.74, 6) is -0.400. The summed E-state index contributed by atoms with van der Waals surface area (Å²) in [5.41, 5.74) is 3.94. The number of nitrogens with zero attached hydrogens (tertiary/aromatic N) is 1. The highest BCUT2D eigenvalue weighted by molar-refractivity contribution is 6.31. The molecule has 19 heavy (non-hydrogen) atoms. The molecule has 100 valence electrons. The fourth-order valence-electron chi connectivity index (χ4n) is 1.81. The van der Waals surface area contributed by atoms with Gasteiger partial charge in [-0.2, -0.15) is 5.10 Å². The molecule has 0 aliphatic carbocycles. The van der Waals surface area contributed by atoms with Gasteiger partial charge < -0.3 is 5.32 Å². The number of carbonyl (C=O) groups excluding carboxylic acids is 2. The fraction of sp³-hybridized carbons (Fsp3) is 0.308. The van der Waals surface area contributed by atoms with Crippen LogP contribution in [0.3, 0.4) is 0 Å². The van der Waals surface area contributed by atoms with E-state index in [4.69, 9.17) is 11.6 Å². The smallest absolute Gasteiger partial charge is 0.262 e. The number of rotatable bonds is 3. The van der Waals surface area contributed by atoms with Crippen molar-refractivity contribution in [1.29, 1.82) is 0 Å². The second-order valence-electron chi connectivity index (χ2n) is 4.34. The Kier molecular flexibility index (Phi) is 4.16. The fourth-order valence-corrected chi connectivity index (χ4v) is 2.00. The van der Waals surface area contributed by atoms with Crippen LogP contribution in [-0.2, 0) is 9.59 Å². The topological polar surface area (TPSA) is 70.6 Å². The van der Waals surface area contributed by atoms with Crippen molar-refractivity contribution < 1.29 is 9.59 Å². The van der Waals surface area contributed by atoms with Crippen molar-refractivity contribution in [2.24, 2.45) is 5.10 Å². The lowest BCUT2D eigenvalue weighted by Gasteiger charge is -2.08. The number of hydrogen-bond acceptors (Lipinski definition) is 3. The molecule has 1 aliphatic heterocycles. The molecule has 1 atom stereocenters. The Balaban J connectivity index is 1.98. The zero-order valence-corrected chi connectivity index (χ0v) is 11.2. The molecule has 2 N–H and O–H groups in total. The van der Waals surface area contributed by atoms with Gasteiger partial charge in [-0.1, -0.05) is 23.7 Å². The van der Waals surface area contributed by atoms with Crippen LogP contribution >= 0.6 is 11.6 Å². The highest BCUT2D eigenvalue weighted by atomic mass is 35.5. The minimum Gasteiger partial charge on any atom is -0.344 e. The van der Waals surface area contributed by atoms with Gasteiger partial charge in [0, 0.05) is 11.4 Å². The van der Waals surface area contributed by atoms with Crippen molar-refractivity contribution in [3.05, 3.63) is 34.9 Å². The monoisotopic (exact) mass is 279 g/mol. The van der Waals surface area contributed by atoms with Crippen molar-refractivity contribution in [1.82, 2.24) is 10.7 Å². The first kappa shape index (κ1) is 13.5. The van der Waals surface area contributed by atoms with E-state index in [0.717, 1.165) is 5.56 Å². The number of carbonyl (C=O) groups is 2. The molecule has 2 amide bonds. The number of benzene rings is 1. The van der Waals surface area contributed by atoms with Crippen molar-refractivity contribution in [2.45, 2.75) is 25.8 Å². The third-order valence-corrected chi connectivity index (χ3v) is 3.12. The number of hydrogen-bond donors (Lipinski definition) is 2. The minimum atomic E-state index is -0.483. The van der Waals surface area contributed by atoms with Crippen LogP contribution in [0, 0.1) is 0 Å². The largest absolute Gasteiger partial charge is 0.344 e. The SMILES string of the molecule is C/C(=N\NC(=O)C1CCC(=O)N1)c1cccc(Cl)c1. The molecule has 0 radical (unpaired) electrons. The van der Waals surface area contributed by atoms with E-state index in [2.05, 4.69) is 15.8 Å². The van der Waals surface area contributed by atoms with Crippen LogP contribution in [-0.4, -0.2) is 23.6 Å². The van der Waals surface area contributed by atoms with Crippen molar-refractivity contribution in [2.75, 3.05) is 0 Å². The number of amides is 2. The zero-order chi connectivity index (χ0) is 13.8. The van der Waals surface area contributed by atoms with Crippen LogP contribution in [0.1, 0.15) is 25.3 Å². The van der Waals surface area contributed by atoms with Gasteiger partial charge in [-0.15, -0.1) is 0 Å². The molecule has 0 bridgehead atoms. The van der Waals surface area contributed by atoms with Gasteiger partial charge in [0.1, 0.15) is 6.04 Å². The number of hydrazone groups is 1. The Bertz CT molecular complexity index is 542. The predicted octanol–water partition coefficient (Wildman–Crippen LogP) is 1.46. The molecule has 1 aromatic carbocycles. The van der Waals surface area contributed by atoms with Gasteiger partial charge in [0.15, 0.2) is 0 Å². The normalized spacial score (nSPS) is 19.2. The molecule has 1 aliphatic rings. The Morgan fingerprint density at radius 1 is 1.53 bits per heavy atom. The van der Waals surface area contributed by atoms with Crippen LogP contribution in [0.5, 0.6) is 0 Å². The summed E-state index contributed by atoms with van der Waals surface area (Å²) in [6, 6.07) is 6.72. The summed E-state index contributed by atoms with van der Waals surface area (Å²) in [6.45, 7) is 1.78. The first-order valence-corrected chi connectivity index (χ1v) is 6.33. The molecule has 0 saturated carbocycles. The first-order chi connectivity index (χ1) is 9.06. The Morgan fingerprint density at radius 2 is 2.32 bits per heavy atom. The number of nitrogens with one attached hydrogen (secondary N) is 2. The Labute approximate surface area is 116 Å². The summed E-state index contributed by atoms with van der Waals surface area (Å²) in [5, 5.41) is 7.21. The molecule has 1 fully saturated rings. The zero-order valence-electron chi connectivity index (χ0n) is 10.4. The first-order valence-electron chi connectivity index (χ1n) is 5.95. The van der Waals surface area contributed by atoms with Crippen LogP contribution < -0.4 is 10.7 Å². The Hall–Kier alpha value is -1.88. The highest BCUT2D eigenvalue weighted by Gasteiger charge is 2.26. The summed E-state index contributed by atoms with van der Waals surface area (Å²) in [7, 11) is 0. The third kappa shape index (κ3) is 3.54. The molecular weight excluding hydrogens is 266 g/mol. The Morgan fingerprint density at radius 3 is 2.95 bits per heavy atom. The van der Waals surface area contributed by atoms with Gasteiger partial charge in [-0.05, 0) is 31.0 Å². The quantitative estimate of drug-likeness (QED) is 0.649. The van der Waals surface area contributed by atoms with Crippen molar-refractivity contribution >= 4 is 29.1 Å². The molecular formula is C13H14ClN3O2. The standard InChI is InChI=1S/C13H14ClN3O2/c1-8(9-3-2-4-10(14)7-9)16-17-13(19)11-5-6-12(18)15-11/h2-4,7,11H,5-6H2,1H3,(H,15,18)(H,17,19)/b16-8+. The van der Waals surface area contributed by atoms with Crippen LogP contribution in [0.4, 0.5) is 0 Å². The van der Waals surface area contributed by atoms with Gasteiger partial charge in [-0.3, -0.25) is 9.59 Å². The maximum absolute atomic E-state index is 11.7. The average molecular weight is 280 g/mol. The minimum absolute atomic E-state index is 0.101. The second kappa shape index (κ2) is 5.84. The average Bonchev–Trinajstić information content (AvgIpc) is 2.82. The highest BCUT2D eigenvalue weighted by Crippen LogP contribution is 2.11. The summed E-state index contributed by atoms with van der Waals surface area (Å²) in [6.07, 6.45) is 0.894. The van der Waals surface area contributed by atoms with Crippen LogP contribution in [0.15, 0.2) is 29.4 Å². The van der Waals surface area contributed by atoms with Crippen molar-refractivity contribution in [3.8, 4) is 0 Å². The predicted molar refractivity (Wildman–Crippen MR) is 73.0 cm³/mol. The van der Waals surface area contributed by atoms with Crippen LogP contribution in [0.25, 0.3) is 0 Å². The maximum atomic E-state index is 11.7. The lowest BCUT2D eigenvalue weighted by atomic mass is 10.1. The van der Waals surface area contributed by atoms with Gasteiger partial charge in [0.25, 0.3) is 5.91 Å². The molecule has 0 aromatic heterocycles. The van der Waals surface area contributed by atoms with E-state index in [1.165, 1.54) is 0 Å². The van der Waals surface area contributed by atoms with E-state index in [-0.39, 0.29) is 11.8 Å². The molecule has 1 heterocycles. The lowest BCUT2D eigenvalue weighted by Crippen LogP contribution is -2.39. The van der Waals surface area contributed by atoms with E-state index >= 15 is 0 Å². The molecule has 6 heteroatoms. The lowest BCUT2D eigenvalue weighted by molar-refractivity contribution is -0.125. The van der Waals surface area contributed by atoms with Gasteiger partial charge in [0.05, 0.1) is 5.71 Å². The van der Waals surface area contributed by atoms with E-state index < -0.39 is 6.04 Å². The molecule has 1 saturated heterocycles. The summed E-state index contributed by atoms with van der Waals surface area (Å²) < 4.78 is 0. The van der Waals surface area contributed by atoms with Crippen molar-refractivity contribution in [3.63, 3.8) is 0 Å². The van der Waals surface area contributed by atoms with Crippen LogP contribution in [0.2, 0.25) is 5.02 Å².